The van der Waals surface area contributed by atoms with Gasteiger partial charge in [0, 0.05) is 28.2 Å². The normalized spacial score (nSPS) is 11.9. The molecule has 5 nitrogen and oxygen atoms in total. The molecule has 0 saturated heterocycles. The summed E-state index contributed by atoms with van der Waals surface area (Å²) in [5.74, 6) is -0.00308. The molecule has 0 aromatic heterocycles. The van der Waals surface area contributed by atoms with Gasteiger partial charge in [-0.1, -0.05) is 49.2 Å². The fourth-order valence-electron chi connectivity index (χ4n) is 3.26. The van der Waals surface area contributed by atoms with Crippen LogP contribution in [0.1, 0.15) is 45.2 Å². The fraction of sp³-hybridized carbons (Fsp3) is 0.417. The van der Waals surface area contributed by atoms with Crippen LogP contribution in [0.2, 0.25) is 10.0 Å². The minimum atomic E-state index is -0.688. The maximum Gasteiger partial charge on any atom is 0.261 e. The van der Waals surface area contributed by atoms with E-state index < -0.39 is 6.04 Å². The second kappa shape index (κ2) is 12.5. The third-order valence-corrected chi connectivity index (χ3v) is 6.29. The zero-order chi connectivity index (χ0) is 23.8. The molecule has 0 aliphatic carbocycles. The summed E-state index contributed by atoms with van der Waals surface area (Å²) >= 11 is 16.2. The number of hydrogen-bond acceptors (Lipinski definition) is 3. The highest BCUT2D eigenvalue weighted by atomic mass is 79.9. The number of amides is 2. The third kappa shape index (κ3) is 7.12. The molecule has 0 saturated carbocycles. The van der Waals surface area contributed by atoms with Crippen LogP contribution in [0, 0.1) is 0 Å². The first-order valence-electron chi connectivity index (χ1n) is 10.6. The smallest absolute Gasteiger partial charge is 0.261 e. The van der Waals surface area contributed by atoms with E-state index in [0.717, 1.165) is 16.5 Å². The van der Waals surface area contributed by atoms with Crippen molar-refractivity contribution in [2.24, 2.45) is 0 Å². The summed E-state index contributed by atoms with van der Waals surface area (Å²) in [6, 6.07) is 10.2. The first-order chi connectivity index (χ1) is 15.2. The van der Waals surface area contributed by atoms with Crippen molar-refractivity contribution in [1.29, 1.82) is 0 Å². The SMILES string of the molecule is CCc1ccc(OCC(=O)N(Cc2c(Cl)cccc2Cl)C(CC)C(=O)NC(C)C)c(Br)c1. The molecule has 0 spiro atoms. The molecule has 1 N–H and O–H groups in total. The van der Waals surface area contributed by atoms with Gasteiger partial charge in [0.05, 0.1) is 4.47 Å². The number of nitrogens with one attached hydrogen (secondary N) is 1. The Morgan fingerprint density at radius 3 is 2.31 bits per heavy atom. The van der Waals surface area contributed by atoms with E-state index in [1.807, 2.05) is 39.0 Å². The molecule has 0 radical (unpaired) electrons. The van der Waals surface area contributed by atoms with Crippen LogP contribution in [-0.4, -0.2) is 35.4 Å². The van der Waals surface area contributed by atoms with Crippen LogP contribution >= 0.6 is 39.1 Å². The second-order valence-corrected chi connectivity index (χ2v) is 9.38. The molecule has 8 heteroatoms. The summed E-state index contributed by atoms with van der Waals surface area (Å²) in [5, 5.41) is 3.77. The first kappa shape index (κ1) is 26.5. The van der Waals surface area contributed by atoms with E-state index in [1.54, 1.807) is 18.2 Å². The number of hydrogen-bond donors (Lipinski definition) is 1. The van der Waals surface area contributed by atoms with Crippen molar-refractivity contribution in [3.63, 3.8) is 0 Å². The number of carbonyl (C=O) groups is 2. The Bertz CT molecular complexity index is 933. The summed E-state index contributed by atoms with van der Waals surface area (Å²) < 4.78 is 6.57. The average molecular weight is 544 g/mol. The summed E-state index contributed by atoms with van der Waals surface area (Å²) in [6.45, 7) is 7.56. The van der Waals surface area contributed by atoms with Gasteiger partial charge in [0.1, 0.15) is 11.8 Å². The quantitative estimate of drug-likeness (QED) is 0.398. The van der Waals surface area contributed by atoms with E-state index in [2.05, 4.69) is 28.2 Å². The van der Waals surface area contributed by atoms with Crippen molar-refractivity contribution in [2.75, 3.05) is 6.61 Å². The minimum absolute atomic E-state index is 0.0540. The van der Waals surface area contributed by atoms with Gasteiger partial charge in [-0.05, 0) is 72.4 Å². The molecule has 0 heterocycles. The van der Waals surface area contributed by atoms with Crippen LogP contribution in [0.5, 0.6) is 5.75 Å². The lowest BCUT2D eigenvalue weighted by Gasteiger charge is -2.31. The van der Waals surface area contributed by atoms with Gasteiger partial charge in [-0.3, -0.25) is 9.59 Å². The van der Waals surface area contributed by atoms with Gasteiger partial charge < -0.3 is 15.0 Å². The number of carbonyl (C=O) groups excluding carboxylic acids is 2. The number of rotatable bonds is 10. The van der Waals surface area contributed by atoms with Gasteiger partial charge >= 0.3 is 0 Å². The topological polar surface area (TPSA) is 58.6 Å². The lowest BCUT2D eigenvalue weighted by atomic mass is 10.1. The highest BCUT2D eigenvalue weighted by Gasteiger charge is 2.30. The fourth-order valence-corrected chi connectivity index (χ4v) is 4.32. The van der Waals surface area contributed by atoms with Gasteiger partial charge in [0.2, 0.25) is 5.91 Å². The molecule has 32 heavy (non-hydrogen) atoms. The van der Waals surface area contributed by atoms with Crippen LogP contribution in [0.3, 0.4) is 0 Å². The van der Waals surface area contributed by atoms with Crippen LogP contribution < -0.4 is 10.1 Å². The average Bonchev–Trinajstić information content (AvgIpc) is 2.73. The van der Waals surface area contributed by atoms with Gasteiger partial charge in [-0.15, -0.1) is 0 Å². The van der Waals surface area contributed by atoms with Crippen LogP contribution in [-0.2, 0) is 22.6 Å². The van der Waals surface area contributed by atoms with E-state index in [-0.39, 0.29) is 31.0 Å². The third-order valence-electron chi connectivity index (χ3n) is 4.96. The molecular weight excluding hydrogens is 515 g/mol. The highest BCUT2D eigenvalue weighted by molar-refractivity contribution is 9.10. The molecule has 0 bridgehead atoms. The summed E-state index contributed by atoms with van der Waals surface area (Å²) in [7, 11) is 0. The van der Waals surface area contributed by atoms with E-state index in [0.29, 0.717) is 27.8 Å². The Labute approximate surface area is 208 Å². The summed E-state index contributed by atoms with van der Waals surface area (Å²) in [4.78, 5) is 27.6. The molecule has 1 atom stereocenters. The zero-order valence-electron chi connectivity index (χ0n) is 18.8. The molecule has 1 unspecified atom stereocenters. The van der Waals surface area contributed by atoms with Crippen molar-refractivity contribution in [3.8, 4) is 5.75 Å². The van der Waals surface area contributed by atoms with Crippen LogP contribution in [0.4, 0.5) is 0 Å². The zero-order valence-corrected chi connectivity index (χ0v) is 21.9. The maximum atomic E-state index is 13.3. The molecule has 2 aromatic rings. The van der Waals surface area contributed by atoms with Crippen molar-refractivity contribution in [2.45, 2.75) is 59.2 Å². The van der Waals surface area contributed by atoms with E-state index in [9.17, 15) is 9.59 Å². The monoisotopic (exact) mass is 542 g/mol. The molecule has 2 amide bonds. The molecule has 2 aromatic carbocycles. The Balaban J connectivity index is 2.29. The van der Waals surface area contributed by atoms with Crippen LogP contribution in [0.15, 0.2) is 40.9 Å². The minimum Gasteiger partial charge on any atom is -0.483 e. The van der Waals surface area contributed by atoms with Crippen molar-refractivity contribution in [3.05, 3.63) is 62.0 Å². The Hall–Kier alpha value is -1.76. The van der Waals surface area contributed by atoms with Gasteiger partial charge in [-0.25, -0.2) is 0 Å². The molecule has 0 aliphatic rings. The van der Waals surface area contributed by atoms with E-state index in [1.165, 1.54) is 4.90 Å². The second-order valence-electron chi connectivity index (χ2n) is 7.72. The number of ether oxygens (including phenoxy) is 1. The van der Waals surface area contributed by atoms with Crippen LogP contribution in [0.25, 0.3) is 0 Å². The number of aryl methyl sites for hydroxylation is 1. The Kier molecular flexibility index (Phi) is 10.3. The molecule has 0 fully saturated rings. The number of halogens is 3. The standard InChI is InChI=1S/C24H29BrCl2N2O3/c1-5-16-10-11-22(18(25)12-16)32-14-23(30)29(21(6-2)24(31)28-15(3)4)13-17-19(26)8-7-9-20(17)27/h7-12,15,21H,5-6,13-14H2,1-4H3,(H,28,31). The predicted octanol–water partition coefficient (Wildman–Crippen LogP) is 6.03. The van der Waals surface area contributed by atoms with Crippen molar-refractivity contribution < 1.29 is 14.3 Å². The highest BCUT2D eigenvalue weighted by Crippen LogP contribution is 2.28. The van der Waals surface area contributed by atoms with Crippen molar-refractivity contribution in [1.82, 2.24) is 10.2 Å². The molecular formula is C24H29BrCl2N2O3. The summed E-state index contributed by atoms with van der Waals surface area (Å²) in [6.07, 6.45) is 1.33. The Morgan fingerprint density at radius 1 is 1.12 bits per heavy atom. The molecule has 2 rings (SSSR count). The van der Waals surface area contributed by atoms with E-state index >= 15 is 0 Å². The van der Waals surface area contributed by atoms with Gasteiger partial charge in [0.25, 0.3) is 5.91 Å². The van der Waals surface area contributed by atoms with Gasteiger partial charge in [0.15, 0.2) is 6.61 Å². The number of nitrogens with zero attached hydrogens (tertiary/aromatic N) is 1. The predicted molar refractivity (Wildman–Crippen MR) is 133 cm³/mol. The number of benzene rings is 2. The Morgan fingerprint density at radius 2 is 1.78 bits per heavy atom. The lowest BCUT2D eigenvalue weighted by Crippen LogP contribution is -2.51. The van der Waals surface area contributed by atoms with Crippen molar-refractivity contribution >= 4 is 50.9 Å². The van der Waals surface area contributed by atoms with E-state index in [4.69, 9.17) is 27.9 Å². The summed E-state index contributed by atoms with van der Waals surface area (Å²) in [5.41, 5.74) is 1.75. The lowest BCUT2D eigenvalue weighted by molar-refractivity contribution is -0.143. The molecule has 0 aliphatic heterocycles. The largest absolute Gasteiger partial charge is 0.483 e. The van der Waals surface area contributed by atoms with Gasteiger partial charge in [-0.2, -0.15) is 0 Å². The maximum absolute atomic E-state index is 13.3. The molecule has 174 valence electrons. The first-order valence-corrected chi connectivity index (χ1v) is 12.2.